The number of hydrogen-bond acceptors (Lipinski definition) is 2. The molecule has 18 heavy (non-hydrogen) atoms. The number of ether oxygens (including phenoxy) is 2. The van der Waals surface area contributed by atoms with Gasteiger partial charge in [0, 0.05) is 4.83 Å². The molecule has 0 spiro atoms. The molecule has 1 aromatic rings. The van der Waals surface area contributed by atoms with E-state index >= 15 is 0 Å². The molecule has 0 saturated heterocycles. The fourth-order valence-corrected chi connectivity index (χ4v) is 1.88. The Labute approximate surface area is 119 Å². The smallest absolute Gasteiger partial charge is 0.119 e. The summed E-state index contributed by atoms with van der Waals surface area (Å²) in [6.07, 6.45) is 2.18. The molecule has 1 aromatic carbocycles. The molecule has 1 atom stereocenters. The van der Waals surface area contributed by atoms with Gasteiger partial charge >= 0.3 is 0 Å². The van der Waals surface area contributed by atoms with Crippen molar-refractivity contribution in [1.82, 2.24) is 0 Å². The third-order valence-electron chi connectivity index (χ3n) is 2.87. The van der Waals surface area contributed by atoms with Gasteiger partial charge in [-0.2, -0.15) is 0 Å². The molecule has 3 heteroatoms. The quantitative estimate of drug-likeness (QED) is 0.561. The highest BCUT2D eigenvalue weighted by Gasteiger charge is 2.20. The SMILES string of the molecule is COc1ccc(OCCCC(Br)C(C)(C)C)cc1. The number of hydrogen-bond donors (Lipinski definition) is 0. The van der Waals surface area contributed by atoms with Crippen molar-refractivity contribution in [2.75, 3.05) is 13.7 Å². The molecular formula is C15H23BrO2. The van der Waals surface area contributed by atoms with E-state index in [2.05, 4.69) is 36.7 Å². The van der Waals surface area contributed by atoms with Crippen molar-refractivity contribution in [3.8, 4) is 11.5 Å². The number of alkyl halides is 1. The van der Waals surface area contributed by atoms with E-state index in [9.17, 15) is 0 Å². The molecule has 2 nitrogen and oxygen atoms in total. The lowest BCUT2D eigenvalue weighted by atomic mass is 9.90. The summed E-state index contributed by atoms with van der Waals surface area (Å²) in [6, 6.07) is 7.71. The molecule has 0 amide bonds. The fourth-order valence-electron chi connectivity index (χ4n) is 1.56. The second-order valence-electron chi connectivity index (χ2n) is 5.50. The first kappa shape index (κ1) is 15.4. The molecule has 0 N–H and O–H groups in total. The molecule has 0 aliphatic rings. The number of benzene rings is 1. The summed E-state index contributed by atoms with van der Waals surface area (Å²) in [7, 11) is 1.67. The molecule has 0 saturated carbocycles. The molecule has 0 aliphatic heterocycles. The van der Waals surface area contributed by atoms with Gasteiger partial charge in [0.1, 0.15) is 11.5 Å². The van der Waals surface area contributed by atoms with Gasteiger partial charge in [0.2, 0.25) is 0 Å². The second kappa shape index (κ2) is 7.03. The normalized spacial score (nSPS) is 13.2. The lowest BCUT2D eigenvalue weighted by Gasteiger charge is -2.25. The molecule has 1 rings (SSSR count). The van der Waals surface area contributed by atoms with E-state index in [1.54, 1.807) is 7.11 Å². The van der Waals surface area contributed by atoms with E-state index in [0.717, 1.165) is 30.9 Å². The third-order valence-corrected chi connectivity index (χ3v) is 4.70. The first-order valence-electron chi connectivity index (χ1n) is 6.34. The van der Waals surface area contributed by atoms with Crippen molar-refractivity contribution in [2.24, 2.45) is 5.41 Å². The Balaban J connectivity index is 2.25. The highest BCUT2D eigenvalue weighted by Crippen LogP contribution is 2.29. The van der Waals surface area contributed by atoms with E-state index < -0.39 is 0 Å². The van der Waals surface area contributed by atoms with Crippen molar-refractivity contribution in [3.63, 3.8) is 0 Å². The lowest BCUT2D eigenvalue weighted by molar-refractivity contribution is 0.290. The molecular weight excluding hydrogens is 292 g/mol. The lowest BCUT2D eigenvalue weighted by Crippen LogP contribution is -2.20. The van der Waals surface area contributed by atoms with Gasteiger partial charge in [0.05, 0.1) is 13.7 Å². The molecule has 0 aliphatic carbocycles. The predicted molar refractivity (Wildman–Crippen MR) is 79.9 cm³/mol. The van der Waals surface area contributed by atoms with E-state index in [4.69, 9.17) is 9.47 Å². The summed E-state index contributed by atoms with van der Waals surface area (Å²) < 4.78 is 10.8. The van der Waals surface area contributed by atoms with Crippen LogP contribution in [0.3, 0.4) is 0 Å². The summed E-state index contributed by atoms with van der Waals surface area (Å²) in [5.41, 5.74) is 0.306. The van der Waals surface area contributed by atoms with Gasteiger partial charge in [-0.25, -0.2) is 0 Å². The van der Waals surface area contributed by atoms with E-state index in [1.165, 1.54) is 0 Å². The Morgan fingerprint density at radius 1 is 1.11 bits per heavy atom. The van der Waals surface area contributed by atoms with Crippen molar-refractivity contribution in [1.29, 1.82) is 0 Å². The van der Waals surface area contributed by atoms with Crippen LogP contribution in [0.4, 0.5) is 0 Å². The van der Waals surface area contributed by atoms with Gasteiger partial charge in [-0.05, 0) is 42.5 Å². The third kappa shape index (κ3) is 5.30. The summed E-state index contributed by atoms with van der Waals surface area (Å²) in [5, 5.41) is 0. The minimum atomic E-state index is 0.306. The number of rotatable bonds is 6. The van der Waals surface area contributed by atoms with Gasteiger partial charge in [0.25, 0.3) is 0 Å². The summed E-state index contributed by atoms with van der Waals surface area (Å²) in [4.78, 5) is 0.532. The van der Waals surface area contributed by atoms with Crippen molar-refractivity contribution in [2.45, 2.75) is 38.4 Å². The summed E-state index contributed by atoms with van der Waals surface area (Å²) >= 11 is 3.73. The standard InChI is InChI=1S/C15H23BrO2/c1-15(2,3)14(16)6-5-11-18-13-9-7-12(17-4)8-10-13/h7-10,14H,5-6,11H2,1-4H3. The maximum Gasteiger partial charge on any atom is 0.119 e. The molecule has 0 bridgehead atoms. The maximum atomic E-state index is 5.69. The number of methoxy groups -OCH3 is 1. The van der Waals surface area contributed by atoms with E-state index in [1.807, 2.05) is 24.3 Å². The number of halogens is 1. The minimum absolute atomic E-state index is 0.306. The van der Waals surface area contributed by atoms with Gasteiger partial charge in [-0.3, -0.25) is 0 Å². The van der Waals surface area contributed by atoms with Crippen LogP contribution in [0.5, 0.6) is 11.5 Å². The molecule has 102 valence electrons. The first-order chi connectivity index (χ1) is 8.43. The molecule has 0 fully saturated rings. The zero-order valence-corrected chi connectivity index (χ0v) is 13.3. The molecule has 0 radical (unpaired) electrons. The van der Waals surface area contributed by atoms with Crippen LogP contribution in [-0.2, 0) is 0 Å². The van der Waals surface area contributed by atoms with Crippen molar-refractivity contribution < 1.29 is 9.47 Å². The van der Waals surface area contributed by atoms with Crippen LogP contribution in [0.25, 0.3) is 0 Å². The highest BCUT2D eigenvalue weighted by molar-refractivity contribution is 9.09. The Bertz CT molecular complexity index is 341. The average Bonchev–Trinajstić information content (AvgIpc) is 2.34. The largest absolute Gasteiger partial charge is 0.497 e. The molecule has 1 unspecified atom stereocenters. The second-order valence-corrected chi connectivity index (χ2v) is 6.61. The van der Waals surface area contributed by atoms with E-state index in [0.29, 0.717) is 10.2 Å². The minimum Gasteiger partial charge on any atom is -0.497 e. The van der Waals surface area contributed by atoms with Gasteiger partial charge in [0.15, 0.2) is 0 Å². The van der Waals surface area contributed by atoms with Gasteiger partial charge in [-0.15, -0.1) is 0 Å². The zero-order chi connectivity index (χ0) is 13.6. The Morgan fingerprint density at radius 3 is 2.17 bits per heavy atom. The zero-order valence-electron chi connectivity index (χ0n) is 11.7. The Hall–Kier alpha value is -0.700. The molecule has 0 aromatic heterocycles. The monoisotopic (exact) mass is 314 g/mol. The van der Waals surface area contributed by atoms with E-state index in [-0.39, 0.29) is 0 Å². The van der Waals surface area contributed by atoms with Crippen LogP contribution >= 0.6 is 15.9 Å². The van der Waals surface area contributed by atoms with Crippen LogP contribution < -0.4 is 9.47 Å². The van der Waals surface area contributed by atoms with Crippen molar-refractivity contribution in [3.05, 3.63) is 24.3 Å². The van der Waals surface area contributed by atoms with Crippen LogP contribution in [0, 0.1) is 5.41 Å². The molecule has 0 heterocycles. The predicted octanol–water partition coefficient (Wildman–Crippen LogP) is 4.66. The van der Waals surface area contributed by atoms with Crippen LogP contribution in [0.2, 0.25) is 0 Å². The Morgan fingerprint density at radius 2 is 1.67 bits per heavy atom. The maximum absolute atomic E-state index is 5.69. The Kier molecular flexibility index (Phi) is 6.00. The summed E-state index contributed by atoms with van der Waals surface area (Å²) in [6.45, 7) is 7.49. The van der Waals surface area contributed by atoms with Crippen LogP contribution in [-0.4, -0.2) is 18.5 Å². The van der Waals surface area contributed by atoms with Crippen LogP contribution in [0.1, 0.15) is 33.6 Å². The first-order valence-corrected chi connectivity index (χ1v) is 7.26. The fraction of sp³-hybridized carbons (Fsp3) is 0.600. The highest BCUT2D eigenvalue weighted by atomic mass is 79.9. The topological polar surface area (TPSA) is 18.5 Å². The summed E-state index contributed by atoms with van der Waals surface area (Å²) in [5.74, 6) is 1.76. The van der Waals surface area contributed by atoms with Gasteiger partial charge in [-0.1, -0.05) is 36.7 Å². The van der Waals surface area contributed by atoms with Crippen molar-refractivity contribution >= 4 is 15.9 Å². The van der Waals surface area contributed by atoms with Crippen LogP contribution in [0.15, 0.2) is 24.3 Å². The average molecular weight is 315 g/mol. The van der Waals surface area contributed by atoms with Gasteiger partial charge < -0.3 is 9.47 Å².